The molecule has 0 saturated carbocycles. The van der Waals surface area contributed by atoms with Gasteiger partial charge in [0.15, 0.2) is 5.82 Å². The van der Waals surface area contributed by atoms with Gasteiger partial charge in [-0.1, -0.05) is 97.4 Å². The molecule has 2 aromatic heterocycles. The van der Waals surface area contributed by atoms with Crippen molar-refractivity contribution in [1.82, 2.24) is 14.5 Å². The summed E-state index contributed by atoms with van der Waals surface area (Å²) < 4.78 is 2.35. The average molecular weight is 823 g/mol. The average Bonchev–Trinajstić information content (AvgIpc) is 3.67. The smallest absolute Gasteiger partial charge is 0.160 e. The van der Waals surface area contributed by atoms with Gasteiger partial charge in [0, 0.05) is 55.8 Å². The zero-order chi connectivity index (χ0) is 43.7. The Morgan fingerprint density at radius 3 is 1.84 bits per heavy atom. The van der Waals surface area contributed by atoms with E-state index < -0.39 is 0 Å². The number of hydrogen-bond donors (Lipinski definition) is 0. The van der Waals surface area contributed by atoms with Gasteiger partial charge in [0.2, 0.25) is 0 Å². The SMILES string of the molecule is CCc1ccc2c(c1)c1cc(N(c3ccccc3)c3ccccc3)ccc1n2-c1ccc(-c2c(C)cc(-c3cc(-c4cccc(C)c4)nc(-c4cccc(C#N)c4)n3)cc2C#N)cc1. The van der Waals surface area contributed by atoms with Crippen molar-refractivity contribution in [3.05, 3.63) is 216 Å². The van der Waals surface area contributed by atoms with Crippen molar-refractivity contribution in [3.63, 3.8) is 0 Å². The molecule has 0 atom stereocenters. The zero-order valence-electron chi connectivity index (χ0n) is 35.8. The summed E-state index contributed by atoms with van der Waals surface area (Å²) in [5, 5.41) is 22.7. The van der Waals surface area contributed by atoms with E-state index in [1.807, 2.05) is 42.5 Å². The summed E-state index contributed by atoms with van der Waals surface area (Å²) >= 11 is 0. The van der Waals surface area contributed by atoms with Crippen LogP contribution >= 0.6 is 0 Å². The number of fused-ring (bicyclic) bond motifs is 3. The van der Waals surface area contributed by atoms with Crippen LogP contribution in [0.5, 0.6) is 0 Å². The molecule has 0 aliphatic rings. The number of benzene rings is 8. The molecule has 304 valence electrons. The lowest BCUT2D eigenvalue weighted by Crippen LogP contribution is -2.09. The number of para-hydroxylation sites is 2. The summed E-state index contributed by atoms with van der Waals surface area (Å²) in [6.45, 7) is 6.31. The van der Waals surface area contributed by atoms with Crippen molar-refractivity contribution in [2.75, 3.05) is 4.90 Å². The number of rotatable bonds is 9. The van der Waals surface area contributed by atoms with E-state index in [9.17, 15) is 10.5 Å². The predicted octanol–water partition coefficient (Wildman–Crippen LogP) is 14.6. The third-order valence-electron chi connectivity index (χ3n) is 12.0. The third kappa shape index (κ3) is 7.34. The fourth-order valence-electron chi connectivity index (χ4n) is 8.88. The maximum Gasteiger partial charge on any atom is 0.160 e. The van der Waals surface area contributed by atoms with Crippen LogP contribution in [-0.4, -0.2) is 14.5 Å². The van der Waals surface area contributed by atoms with Crippen molar-refractivity contribution < 1.29 is 0 Å². The number of nitrogens with zero attached hydrogens (tertiary/aromatic N) is 6. The van der Waals surface area contributed by atoms with Crippen LogP contribution in [0, 0.1) is 36.5 Å². The van der Waals surface area contributed by atoms with Crippen molar-refractivity contribution in [2.45, 2.75) is 27.2 Å². The molecule has 6 nitrogen and oxygen atoms in total. The van der Waals surface area contributed by atoms with Gasteiger partial charge in [-0.2, -0.15) is 10.5 Å². The van der Waals surface area contributed by atoms with Crippen molar-refractivity contribution in [2.24, 2.45) is 0 Å². The van der Waals surface area contributed by atoms with E-state index >= 15 is 0 Å². The number of aromatic nitrogens is 3. The van der Waals surface area contributed by atoms with Crippen LogP contribution in [0.3, 0.4) is 0 Å². The molecule has 0 aliphatic carbocycles. The highest BCUT2D eigenvalue weighted by Crippen LogP contribution is 2.41. The molecule has 0 spiro atoms. The van der Waals surface area contributed by atoms with Crippen LogP contribution in [0.4, 0.5) is 17.1 Å². The first-order valence-corrected chi connectivity index (χ1v) is 21.5. The highest BCUT2D eigenvalue weighted by molar-refractivity contribution is 6.11. The molecule has 0 bridgehead atoms. The molecule has 0 unspecified atom stereocenters. The molecule has 6 heteroatoms. The Morgan fingerprint density at radius 1 is 0.516 bits per heavy atom. The summed E-state index contributed by atoms with van der Waals surface area (Å²) in [5.41, 5.74) is 16.9. The third-order valence-corrected chi connectivity index (χ3v) is 12.0. The number of nitriles is 2. The summed E-state index contributed by atoms with van der Waals surface area (Å²) in [4.78, 5) is 12.3. The molecule has 0 amide bonds. The minimum absolute atomic E-state index is 0.513. The minimum Gasteiger partial charge on any atom is -0.310 e. The Bertz CT molecular complexity index is 3420. The Labute approximate surface area is 373 Å². The number of aryl methyl sites for hydroxylation is 3. The van der Waals surface area contributed by atoms with Crippen LogP contribution in [0.15, 0.2) is 188 Å². The maximum atomic E-state index is 10.7. The quantitative estimate of drug-likeness (QED) is 0.145. The van der Waals surface area contributed by atoms with Crippen LogP contribution in [0.25, 0.3) is 72.5 Å². The zero-order valence-corrected chi connectivity index (χ0v) is 35.8. The molecule has 0 saturated heterocycles. The highest BCUT2D eigenvalue weighted by Gasteiger charge is 2.20. The summed E-state index contributed by atoms with van der Waals surface area (Å²) in [5.74, 6) is 0.513. The molecule has 2 heterocycles. The van der Waals surface area contributed by atoms with Crippen LogP contribution < -0.4 is 4.90 Å². The first kappa shape index (κ1) is 39.5. The van der Waals surface area contributed by atoms with E-state index in [1.54, 1.807) is 6.07 Å². The van der Waals surface area contributed by atoms with Gasteiger partial charge < -0.3 is 9.47 Å². The van der Waals surface area contributed by atoms with Gasteiger partial charge in [0.05, 0.1) is 45.7 Å². The molecule has 0 fully saturated rings. The minimum atomic E-state index is 0.513. The monoisotopic (exact) mass is 822 g/mol. The Morgan fingerprint density at radius 2 is 1.17 bits per heavy atom. The van der Waals surface area contributed by atoms with Gasteiger partial charge in [0.25, 0.3) is 0 Å². The lowest BCUT2D eigenvalue weighted by Gasteiger charge is -2.25. The second-order valence-corrected chi connectivity index (χ2v) is 16.1. The Hall–Kier alpha value is -8.58. The molecule has 10 aromatic rings. The summed E-state index contributed by atoms with van der Waals surface area (Å²) in [7, 11) is 0. The molecule has 0 radical (unpaired) electrons. The van der Waals surface area contributed by atoms with Gasteiger partial charge in [0.1, 0.15) is 0 Å². The largest absolute Gasteiger partial charge is 0.310 e. The first-order valence-electron chi connectivity index (χ1n) is 21.5. The maximum absolute atomic E-state index is 10.7. The van der Waals surface area contributed by atoms with E-state index in [1.165, 1.54) is 16.3 Å². The Kier molecular flexibility index (Phi) is 10.3. The molecular formula is C58H42N6. The van der Waals surface area contributed by atoms with Crippen molar-refractivity contribution in [3.8, 4) is 62.9 Å². The normalized spacial score (nSPS) is 11.1. The molecular weight excluding hydrogens is 781 g/mol. The second-order valence-electron chi connectivity index (χ2n) is 16.1. The molecule has 0 N–H and O–H groups in total. The summed E-state index contributed by atoms with van der Waals surface area (Å²) in [6.07, 6.45) is 0.943. The van der Waals surface area contributed by atoms with Crippen LogP contribution in [0.2, 0.25) is 0 Å². The van der Waals surface area contributed by atoms with E-state index in [-0.39, 0.29) is 0 Å². The van der Waals surface area contributed by atoms with Gasteiger partial charge >= 0.3 is 0 Å². The fourth-order valence-corrected chi connectivity index (χ4v) is 8.88. The van der Waals surface area contributed by atoms with E-state index in [2.05, 4.69) is 182 Å². The molecule has 0 aliphatic heterocycles. The van der Waals surface area contributed by atoms with Gasteiger partial charge in [-0.15, -0.1) is 0 Å². The Balaban J connectivity index is 1.06. The van der Waals surface area contributed by atoms with Gasteiger partial charge in [-0.25, -0.2) is 9.97 Å². The molecule has 64 heavy (non-hydrogen) atoms. The van der Waals surface area contributed by atoms with E-state index in [0.717, 1.165) is 84.8 Å². The predicted molar refractivity (Wildman–Crippen MR) is 261 cm³/mol. The van der Waals surface area contributed by atoms with E-state index in [4.69, 9.17) is 9.97 Å². The topological polar surface area (TPSA) is 81.5 Å². The van der Waals surface area contributed by atoms with Crippen LogP contribution in [-0.2, 0) is 6.42 Å². The molecule has 8 aromatic carbocycles. The lowest BCUT2D eigenvalue weighted by atomic mass is 9.92. The van der Waals surface area contributed by atoms with Gasteiger partial charge in [-0.3, -0.25) is 0 Å². The van der Waals surface area contributed by atoms with Gasteiger partial charge in [-0.05, 0) is 140 Å². The van der Waals surface area contributed by atoms with Crippen molar-refractivity contribution in [1.29, 1.82) is 10.5 Å². The van der Waals surface area contributed by atoms with Crippen molar-refractivity contribution >= 4 is 38.9 Å². The second kappa shape index (κ2) is 16.7. The lowest BCUT2D eigenvalue weighted by molar-refractivity contribution is 1.14. The highest BCUT2D eigenvalue weighted by atomic mass is 15.1. The van der Waals surface area contributed by atoms with Crippen LogP contribution in [0.1, 0.15) is 34.7 Å². The molecule has 10 rings (SSSR count). The number of anilines is 3. The first-order chi connectivity index (χ1) is 31.4. The standard InChI is InChI=1S/C58H42N6/c1-4-40-21-27-55-51(32-40)52-34-50(63(47-17-7-5-8-18-47)48-19-9-6-10-20-48)26-28-56(52)64(55)49-24-22-42(23-25-49)57-39(3)30-45(33-46(57)37-60)54-35-53(43-15-11-13-38(2)29-43)61-58(62-54)44-16-12-14-41(31-44)36-59/h5-35H,4H2,1-3H3. The summed E-state index contributed by atoms with van der Waals surface area (Å²) in [6, 6.07) is 69.5. The van der Waals surface area contributed by atoms with E-state index in [0.29, 0.717) is 22.6 Å². The fraction of sp³-hybridized carbons (Fsp3) is 0.0690. The number of hydrogen-bond acceptors (Lipinski definition) is 5.